The summed E-state index contributed by atoms with van der Waals surface area (Å²) in [6.45, 7) is 0. The van der Waals surface area contributed by atoms with Crippen LogP contribution in [-0.4, -0.2) is 8.42 Å². The molecule has 0 aromatic heterocycles. The Hall–Kier alpha value is -1.68. The molecule has 0 amide bonds. The molecule has 0 aliphatic carbocycles. The number of rotatable bonds is 3. The first-order chi connectivity index (χ1) is 10.5. The van der Waals surface area contributed by atoms with Gasteiger partial charge in [-0.05, 0) is 52.3 Å². The zero-order chi connectivity index (χ0) is 17.4. The van der Waals surface area contributed by atoms with Gasteiger partial charge < -0.3 is 0 Å². The lowest BCUT2D eigenvalue weighted by Gasteiger charge is -2.12. The van der Waals surface area contributed by atoms with Crippen LogP contribution in [0, 0.1) is 11.6 Å². The van der Waals surface area contributed by atoms with Crippen molar-refractivity contribution in [3.8, 4) is 0 Å². The first kappa shape index (κ1) is 17.7. The number of alkyl halides is 3. The van der Waals surface area contributed by atoms with Crippen LogP contribution < -0.4 is 4.72 Å². The first-order valence-corrected chi connectivity index (χ1v) is 8.13. The van der Waals surface area contributed by atoms with E-state index in [4.69, 9.17) is 0 Å². The van der Waals surface area contributed by atoms with Crippen LogP contribution in [0.15, 0.2) is 45.8 Å². The van der Waals surface area contributed by atoms with Crippen molar-refractivity contribution in [1.29, 1.82) is 0 Å². The van der Waals surface area contributed by atoms with Crippen LogP contribution in [0.25, 0.3) is 0 Å². The maximum absolute atomic E-state index is 13.4. The Labute approximate surface area is 136 Å². The molecule has 0 aliphatic rings. The quantitative estimate of drug-likeness (QED) is 0.747. The van der Waals surface area contributed by atoms with Crippen molar-refractivity contribution in [3.63, 3.8) is 0 Å². The van der Waals surface area contributed by atoms with E-state index in [2.05, 4.69) is 15.9 Å². The number of halogens is 6. The number of sulfonamides is 1. The molecule has 0 unspecified atom stereocenters. The van der Waals surface area contributed by atoms with Gasteiger partial charge in [0.05, 0.1) is 14.9 Å². The van der Waals surface area contributed by atoms with Crippen LogP contribution in [0.2, 0.25) is 0 Å². The van der Waals surface area contributed by atoms with Gasteiger partial charge in [-0.15, -0.1) is 0 Å². The minimum atomic E-state index is -4.98. The highest BCUT2D eigenvalue weighted by atomic mass is 79.9. The van der Waals surface area contributed by atoms with Crippen LogP contribution >= 0.6 is 15.9 Å². The Morgan fingerprint density at radius 2 is 1.61 bits per heavy atom. The molecule has 0 radical (unpaired) electrons. The average molecular weight is 416 g/mol. The number of hydrogen-bond acceptors (Lipinski definition) is 2. The third-order valence-electron chi connectivity index (χ3n) is 2.73. The Kier molecular flexibility index (Phi) is 4.67. The van der Waals surface area contributed by atoms with Crippen LogP contribution in [0.4, 0.5) is 27.6 Å². The van der Waals surface area contributed by atoms with E-state index in [0.29, 0.717) is 18.2 Å². The van der Waals surface area contributed by atoms with Gasteiger partial charge in [0.25, 0.3) is 10.0 Å². The first-order valence-electron chi connectivity index (χ1n) is 5.85. The van der Waals surface area contributed by atoms with Crippen molar-refractivity contribution < 1.29 is 30.4 Å². The third-order valence-corrected chi connectivity index (χ3v) is 4.75. The van der Waals surface area contributed by atoms with E-state index in [0.717, 1.165) is 18.2 Å². The molecular weight excluding hydrogens is 409 g/mol. The van der Waals surface area contributed by atoms with Gasteiger partial charge in [-0.25, -0.2) is 17.2 Å². The average Bonchev–Trinajstić information content (AvgIpc) is 2.42. The number of benzene rings is 2. The molecule has 10 heteroatoms. The monoisotopic (exact) mass is 415 g/mol. The lowest BCUT2D eigenvalue weighted by atomic mass is 10.2. The molecule has 0 atom stereocenters. The molecule has 124 valence electrons. The van der Waals surface area contributed by atoms with Gasteiger partial charge in [-0.1, -0.05) is 0 Å². The summed E-state index contributed by atoms with van der Waals surface area (Å²) in [5, 5.41) is 0. The van der Waals surface area contributed by atoms with Gasteiger partial charge in [0, 0.05) is 5.69 Å². The second kappa shape index (κ2) is 6.08. The maximum atomic E-state index is 13.4. The highest BCUT2D eigenvalue weighted by molar-refractivity contribution is 9.10. The Bertz CT molecular complexity index is 852. The van der Waals surface area contributed by atoms with E-state index >= 15 is 0 Å². The summed E-state index contributed by atoms with van der Waals surface area (Å²) in [4.78, 5) is -0.490. The smallest absolute Gasteiger partial charge is 0.280 e. The van der Waals surface area contributed by atoms with Crippen molar-refractivity contribution in [1.82, 2.24) is 0 Å². The Morgan fingerprint density at radius 3 is 2.17 bits per heavy atom. The summed E-state index contributed by atoms with van der Waals surface area (Å²) in [5.74, 6) is -2.39. The molecule has 0 aliphatic heterocycles. The summed E-state index contributed by atoms with van der Waals surface area (Å²) in [7, 11) is -4.33. The molecule has 3 nitrogen and oxygen atoms in total. The maximum Gasteiger partial charge on any atom is 0.419 e. The van der Waals surface area contributed by atoms with Crippen molar-refractivity contribution >= 4 is 31.6 Å². The van der Waals surface area contributed by atoms with Gasteiger partial charge in [-0.3, -0.25) is 4.72 Å². The topological polar surface area (TPSA) is 46.2 Å². The fourth-order valence-corrected chi connectivity index (χ4v) is 2.97. The van der Waals surface area contributed by atoms with Gasteiger partial charge in [0.2, 0.25) is 0 Å². The van der Waals surface area contributed by atoms with Crippen molar-refractivity contribution in [3.05, 3.63) is 58.1 Å². The Morgan fingerprint density at radius 1 is 0.957 bits per heavy atom. The molecule has 0 fully saturated rings. The second-order valence-corrected chi connectivity index (χ2v) is 6.91. The molecule has 2 aromatic carbocycles. The van der Waals surface area contributed by atoms with Crippen molar-refractivity contribution in [2.24, 2.45) is 0 Å². The SMILES string of the molecule is O=S(=O)(Nc1ccc(F)c(C(F)(F)F)c1)c1ccc(Br)c(F)c1. The molecule has 0 spiro atoms. The highest BCUT2D eigenvalue weighted by Gasteiger charge is 2.34. The predicted octanol–water partition coefficient (Wildman–Crippen LogP) is 4.55. The normalized spacial score (nSPS) is 12.3. The summed E-state index contributed by atoms with van der Waals surface area (Å²) in [6.07, 6.45) is -4.98. The lowest BCUT2D eigenvalue weighted by molar-refractivity contribution is -0.139. The molecule has 0 heterocycles. The number of hydrogen-bond donors (Lipinski definition) is 1. The number of anilines is 1. The van der Waals surface area contributed by atoms with Gasteiger partial charge in [0.15, 0.2) is 0 Å². The number of nitrogens with one attached hydrogen (secondary N) is 1. The molecule has 23 heavy (non-hydrogen) atoms. The molecule has 2 aromatic rings. The van der Waals surface area contributed by atoms with E-state index < -0.39 is 44.0 Å². The molecule has 0 saturated carbocycles. The fraction of sp³-hybridized carbons (Fsp3) is 0.0769. The van der Waals surface area contributed by atoms with Crippen LogP contribution in [0.5, 0.6) is 0 Å². The van der Waals surface area contributed by atoms with Crippen molar-refractivity contribution in [2.45, 2.75) is 11.1 Å². The molecular formula is C13H7BrF5NO2S. The largest absolute Gasteiger partial charge is 0.419 e. The predicted molar refractivity (Wildman–Crippen MR) is 76.3 cm³/mol. The fourth-order valence-electron chi connectivity index (χ4n) is 1.66. The molecule has 1 N–H and O–H groups in total. The second-order valence-electron chi connectivity index (χ2n) is 4.37. The summed E-state index contributed by atoms with van der Waals surface area (Å²) >= 11 is 2.85. The van der Waals surface area contributed by atoms with E-state index in [-0.39, 0.29) is 4.47 Å². The zero-order valence-electron chi connectivity index (χ0n) is 11.0. The van der Waals surface area contributed by atoms with E-state index in [1.165, 1.54) is 0 Å². The molecule has 0 saturated heterocycles. The standard InChI is InChI=1S/C13H7BrF5NO2S/c14-10-3-2-8(6-12(10)16)23(21,22)20-7-1-4-11(15)9(5-7)13(17,18)19/h1-6,20H. The van der Waals surface area contributed by atoms with Crippen molar-refractivity contribution in [2.75, 3.05) is 4.72 Å². The molecule has 0 bridgehead atoms. The third kappa shape index (κ3) is 3.99. The van der Waals surface area contributed by atoms with Gasteiger partial charge in [-0.2, -0.15) is 13.2 Å². The minimum Gasteiger partial charge on any atom is -0.280 e. The zero-order valence-corrected chi connectivity index (χ0v) is 13.4. The van der Waals surface area contributed by atoms with E-state index in [1.54, 1.807) is 0 Å². The van der Waals surface area contributed by atoms with Crippen LogP contribution in [-0.2, 0) is 16.2 Å². The summed E-state index contributed by atoms with van der Waals surface area (Å²) in [6, 6.07) is 4.53. The minimum absolute atomic E-state index is 0.0255. The van der Waals surface area contributed by atoms with Gasteiger partial charge >= 0.3 is 6.18 Å². The summed E-state index contributed by atoms with van der Waals surface area (Å²) in [5.41, 5.74) is -2.11. The van der Waals surface area contributed by atoms with Crippen LogP contribution in [0.1, 0.15) is 5.56 Å². The molecule has 2 rings (SSSR count). The van der Waals surface area contributed by atoms with Crippen LogP contribution in [0.3, 0.4) is 0 Å². The van der Waals surface area contributed by atoms with Gasteiger partial charge in [0.1, 0.15) is 11.6 Å². The highest BCUT2D eigenvalue weighted by Crippen LogP contribution is 2.33. The Balaban J connectivity index is 2.39. The van der Waals surface area contributed by atoms with E-state index in [1.807, 2.05) is 4.72 Å². The summed E-state index contributed by atoms with van der Waals surface area (Å²) < 4.78 is 90.3. The lowest BCUT2D eigenvalue weighted by Crippen LogP contribution is -2.15. The van der Waals surface area contributed by atoms with E-state index in [9.17, 15) is 30.4 Å².